The highest BCUT2D eigenvalue weighted by Gasteiger charge is 2.19. The number of esters is 3. The van der Waals surface area contributed by atoms with Crippen molar-refractivity contribution in [3.8, 4) is 0 Å². The number of hydrogen-bond donors (Lipinski definition) is 0. The number of hydrogen-bond acceptors (Lipinski definition) is 6. The van der Waals surface area contributed by atoms with Gasteiger partial charge in [0.1, 0.15) is 13.2 Å². The second-order valence-electron chi connectivity index (χ2n) is 15.6. The predicted molar refractivity (Wildman–Crippen MR) is 229 cm³/mol. The zero-order valence-electron chi connectivity index (χ0n) is 36.0. The Morgan fingerprint density at radius 2 is 0.722 bits per heavy atom. The molecule has 0 amide bonds. The van der Waals surface area contributed by atoms with Gasteiger partial charge in [-0.1, -0.05) is 206 Å². The third-order valence-electron chi connectivity index (χ3n) is 10.2. The van der Waals surface area contributed by atoms with Gasteiger partial charge in [-0.15, -0.1) is 0 Å². The molecule has 0 radical (unpaired) electrons. The fourth-order valence-electron chi connectivity index (χ4n) is 6.72. The highest BCUT2D eigenvalue weighted by Crippen LogP contribution is 2.15. The van der Waals surface area contributed by atoms with E-state index in [0.717, 1.165) is 89.9 Å². The van der Waals surface area contributed by atoms with Crippen molar-refractivity contribution in [3.05, 3.63) is 24.3 Å². The number of carbonyl (C=O) groups is 3. The van der Waals surface area contributed by atoms with Gasteiger partial charge >= 0.3 is 17.9 Å². The van der Waals surface area contributed by atoms with Crippen LogP contribution in [0.25, 0.3) is 0 Å². The SMILES string of the molecule is CC/C=C\C/C=C\CCCCCCCC(=O)OC(COC(=O)CCCCCCCCCCC)COC(=O)CCCCCCCCCCCCCCCCC. The van der Waals surface area contributed by atoms with Crippen LogP contribution in [0.1, 0.15) is 245 Å². The number of carbonyl (C=O) groups excluding carboxylic acids is 3. The number of rotatable bonds is 42. The lowest BCUT2D eigenvalue weighted by molar-refractivity contribution is -0.167. The summed E-state index contributed by atoms with van der Waals surface area (Å²) in [5.41, 5.74) is 0. The average Bonchev–Trinajstić information content (AvgIpc) is 3.17. The van der Waals surface area contributed by atoms with Crippen LogP contribution in [0.3, 0.4) is 0 Å². The summed E-state index contributed by atoms with van der Waals surface area (Å²) in [6.45, 7) is 6.51. The highest BCUT2D eigenvalue weighted by molar-refractivity contribution is 5.71. The fourth-order valence-corrected chi connectivity index (χ4v) is 6.72. The van der Waals surface area contributed by atoms with Crippen molar-refractivity contribution in [1.82, 2.24) is 0 Å². The second-order valence-corrected chi connectivity index (χ2v) is 15.6. The van der Waals surface area contributed by atoms with E-state index in [1.165, 1.54) is 116 Å². The first-order valence-electron chi connectivity index (χ1n) is 23.3. The summed E-state index contributed by atoms with van der Waals surface area (Å²) in [5, 5.41) is 0. The van der Waals surface area contributed by atoms with Crippen molar-refractivity contribution in [2.45, 2.75) is 252 Å². The molecule has 1 unspecified atom stereocenters. The van der Waals surface area contributed by atoms with Crippen LogP contribution in [0.5, 0.6) is 0 Å². The topological polar surface area (TPSA) is 78.9 Å². The Balaban J connectivity index is 4.32. The van der Waals surface area contributed by atoms with Crippen molar-refractivity contribution in [3.63, 3.8) is 0 Å². The van der Waals surface area contributed by atoms with Crippen molar-refractivity contribution in [2.75, 3.05) is 13.2 Å². The molecule has 6 nitrogen and oxygen atoms in total. The van der Waals surface area contributed by atoms with E-state index in [4.69, 9.17) is 14.2 Å². The summed E-state index contributed by atoms with van der Waals surface area (Å²) in [6, 6.07) is 0. The van der Waals surface area contributed by atoms with Crippen molar-refractivity contribution in [2.24, 2.45) is 0 Å². The summed E-state index contributed by atoms with van der Waals surface area (Å²) in [7, 11) is 0. The van der Waals surface area contributed by atoms with Gasteiger partial charge in [0.2, 0.25) is 0 Å². The number of ether oxygens (including phenoxy) is 3. The summed E-state index contributed by atoms with van der Waals surface area (Å²) in [4.78, 5) is 37.7. The summed E-state index contributed by atoms with van der Waals surface area (Å²) >= 11 is 0. The molecule has 0 spiro atoms. The molecule has 0 aliphatic rings. The molecule has 54 heavy (non-hydrogen) atoms. The van der Waals surface area contributed by atoms with Gasteiger partial charge in [0.05, 0.1) is 0 Å². The predicted octanol–water partition coefficient (Wildman–Crippen LogP) is 14.8. The maximum absolute atomic E-state index is 12.7. The summed E-state index contributed by atoms with van der Waals surface area (Å²) < 4.78 is 16.7. The molecule has 0 heterocycles. The molecule has 0 aliphatic carbocycles. The molecular weight excluding hydrogens is 673 g/mol. The van der Waals surface area contributed by atoms with Gasteiger partial charge < -0.3 is 14.2 Å². The van der Waals surface area contributed by atoms with Crippen LogP contribution in [0.15, 0.2) is 24.3 Å². The van der Waals surface area contributed by atoms with Crippen LogP contribution in [-0.4, -0.2) is 37.2 Å². The third kappa shape index (κ3) is 41.1. The molecule has 0 bridgehead atoms. The van der Waals surface area contributed by atoms with Crippen molar-refractivity contribution < 1.29 is 28.6 Å². The zero-order valence-corrected chi connectivity index (χ0v) is 36.0. The molecule has 0 fully saturated rings. The molecule has 0 aliphatic heterocycles. The molecule has 316 valence electrons. The minimum atomic E-state index is -0.770. The van der Waals surface area contributed by atoms with E-state index in [2.05, 4.69) is 45.1 Å². The Hall–Kier alpha value is -2.11. The molecule has 1 atom stereocenters. The Morgan fingerprint density at radius 3 is 1.11 bits per heavy atom. The first-order valence-corrected chi connectivity index (χ1v) is 23.3. The molecule has 0 aromatic heterocycles. The Bertz CT molecular complexity index is 880. The first-order chi connectivity index (χ1) is 26.5. The van der Waals surface area contributed by atoms with E-state index in [9.17, 15) is 14.4 Å². The lowest BCUT2D eigenvalue weighted by atomic mass is 10.0. The number of unbranched alkanes of at least 4 members (excludes halogenated alkanes) is 27. The maximum Gasteiger partial charge on any atom is 0.306 e. The minimum Gasteiger partial charge on any atom is -0.462 e. The normalized spacial score (nSPS) is 12.1. The summed E-state index contributed by atoms with van der Waals surface area (Å²) in [5.74, 6) is -0.883. The van der Waals surface area contributed by atoms with Gasteiger partial charge in [-0.25, -0.2) is 0 Å². The van der Waals surface area contributed by atoms with Gasteiger partial charge in [0.25, 0.3) is 0 Å². The molecule has 0 aromatic carbocycles. The molecule has 0 saturated heterocycles. The van der Waals surface area contributed by atoms with Crippen LogP contribution in [0.4, 0.5) is 0 Å². The number of allylic oxidation sites excluding steroid dienone is 4. The average molecular weight is 761 g/mol. The monoisotopic (exact) mass is 761 g/mol. The van der Waals surface area contributed by atoms with E-state index < -0.39 is 6.10 Å². The van der Waals surface area contributed by atoms with Gasteiger partial charge in [-0.2, -0.15) is 0 Å². The van der Waals surface area contributed by atoms with Crippen molar-refractivity contribution in [1.29, 1.82) is 0 Å². The van der Waals surface area contributed by atoms with E-state index in [1.54, 1.807) is 0 Å². The first kappa shape index (κ1) is 51.9. The van der Waals surface area contributed by atoms with E-state index in [-0.39, 0.29) is 31.1 Å². The quantitative estimate of drug-likeness (QED) is 0.0267. The van der Waals surface area contributed by atoms with Crippen LogP contribution < -0.4 is 0 Å². The Morgan fingerprint density at radius 1 is 0.389 bits per heavy atom. The molecule has 0 N–H and O–H groups in total. The van der Waals surface area contributed by atoms with E-state index in [0.29, 0.717) is 19.3 Å². The lowest BCUT2D eigenvalue weighted by Crippen LogP contribution is -2.30. The van der Waals surface area contributed by atoms with E-state index in [1.807, 2.05) is 0 Å². The zero-order chi connectivity index (χ0) is 39.4. The highest BCUT2D eigenvalue weighted by atomic mass is 16.6. The standard InChI is InChI=1S/C48H88O6/c1-4-7-10-13-16-19-21-23-24-25-27-29-32-35-38-41-47(50)53-44-45(43-52-46(49)40-37-34-31-28-18-15-12-9-6-3)54-48(51)42-39-36-33-30-26-22-20-17-14-11-8-5-2/h8,11,17,20,45H,4-7,9-10,12-16,18-19,21-44H2,1-3H3/b11-8-,20-17-. The van der Waals surface area contributed by atoms with Gasteiger partial charge in [0.15, 0.2) is 6.10 Å². The maximum atomic E-state index is 12.7. The lowest BCUT2D eigenvalue weighted by Gasteiger charge is -2.18. The second kappa shape index (κ2) is 43.6. The Labute approximate surface area is 334 Å². The van der Waals surface area contributed by atoms with Gasteiger partial charge in [-0.3, -0.25) is 14.4 Å². The fraction of sp³-hybridized carbons (Fsp3) is 0.854. The third-order valence-corrected chi connectivity index (χ3v) is 10.2. The Kier molecular flexibility index (Phi) is 41.9. The molecular formula is C48H88O6. The largest absolute Gasteiger partial charge is 0.462 e. The smallest absolute Gasteiger partial charge is 0.306 e. The van der Waals surface area contributed by atoms with Crippen LogP contribution >= 0.6 is 0 Å². The van der Waals surface area contributed by atoms with Crippen LogP contribution in [0, 0.1) is 0 Å². The van der Waals surface area contributed by atoms with E-state index >= 15 is 0 Å². The van der Waals surface area contributed by atoms with Crippen LogP contribution in [-0.2, 0) is 28.6 Å². The van der Waals surface area contributed by atoms with Gasteiger partial charge in [0, 0.05) is 19.3 Å². The van der Waals surface area contributed by atoms with Crippen LogP contribution in [0.2, 0.25) is 0 Å². The molecule has 0 saturated carbocycles. The van der Waals surface area contributed by atoms with Gasteiger partial charge in [-0.05, 0) is 44.9 Å². The van der Waals surface area contributed by atoms with Crippen molar-refractivity contribution >= 4 is 17.9 Å². The molecule has 0 rings (SSSR count). The minimum absolute atomic E-state index is 0.0730. The molecule has 0 aromatic rings. The molecule has 6 heteroatoms. The summed E-state index contributed by atoms with van der Waals surface area (Å²) in [6.07, 6.45) is 47.3.